The Bertz CT molecular complexity index is 494. The van der Waals surface area contributed by atoms with Crippen LogP contribution in [0.15, 0.2) is 23.1 Å². The first kappa shape index (κ1) is 14.5. The zero-order valence-corrected chi connectivity index (χ0v) is 11.1. The molecule has 0 aromatic heterocycles. The SMILES string of the molecule is CC(C)(C#N)CCSc1cc(C(=O)O)ccc1F. The average Bonchev–Trinajstić information content (AvgIpc) is 2.31. The summed E-state index contributed by atoms with van der Waals surface area (Å²) in [5, 5.41) is 17.7. The Hall–Kier alpha value is -1.54. The maximum atomic E-state index is 13.5. The van der Waals surface area contributed by atoms with E-state index in [1.165, 1.54) is 23.9 Å². The molecule has 0 aliphatic carbocycles. The lowest BCUT2D eigenvalue weighted by Gasteiger charge is -2.14. The lowest BCUT2D eigenvalue weighted by Crippen LogP contribution is -2.08. The van der Waals surface area contributed by atoms with E-state index in [9.17, 15) is 9.18 Å². The van der Waals surface area contributed by atoms with Crippen LogP contribution < -0.4 is 0 Å². The Morgan fingerprint density at radius 1 is 1.56 bits per heavy atom. The number of rotatable bonds is 5. The molecule has 0 aliphatic heterocycles. The van der Waals surface area contributed by atoms with Crippen LogP contribution in [0.1, 0.15) is 30.6 Å². The summed E-state index contributed by atoms with van der Waals surface area (Å²) >= 11 is 1.23. The smallest absolute Gasteiger partial charge is 0.335 e. The predicted octanol–water partition coefficient (Wildman–Crippen LogP) is 3.56. The summed E-state index contributed by atoms with van der Waals surface area (Å²) in [4.78, 5) is 11.1. The Morgan fingerprint density at radius 2 is 2.22 bits per heavy atom. The minimum atomic E-state index is -1.07. The van der Waals surface area contributed by atoms with Crippen molar-refractivity contribution in [3.05, 3.63) is 29.6 Å². The third kappa shape index (κ3) is 4.04. The van der Waals surface area contributed by atoms with E-state index in [-0.39, 0.29) is 5.56 Å². The maximum absolute atomic E-state index is 13.5. The lowest BCUT2D eigenvalue weighted by atomic mass is 9.93. The summed E-state index contributed by atoms with van der Waals surface area (Å²) in [6.45, 7) is 3.63. The molecule has 0 saturated heterocycles. The average molecular weight is 267 g/mol. The van der Waals surface area contributed by atoms with E-state index in [2.05, 4.69) is 6.07 Å². The van der Waals surface area contributed by atoms with E-state index in [1.54, 1.807) is 0 Å². The number of aromatic carboxylic acids is 1. The van der Waals surface area contributed by atoms with Crippen LogP contribution in [-0.4, -0.2) is 16.8 Å². The van der Waals surface area contributed by atoms with Gasteiger partial charge in [0.05, 0.1) is 17.0 Å². The van der Waals surface area contributed by atoms with Gasteiger partial charge in [-0.3, -0.25) is 0 Å². The van der Waals surface area contributed by atoms with Crippen LogP contribution >= 0.6 is 11.8 Å². The molecule has 0 aliphatic rings. The molecule has 5 heteroatoms. The summed E-state index contributed by atoms with van der Waals surface area (Å²) in [6, 6.07) is 5.88. The molecule has 1 aromatic carbocycles. The molecule has 1 rings (SSSR count). The number of carboxylic acid groups (broad SMARTS) is 1. The number of nitrogens with zero attached hydrogens (tertiary/aromatic N) is 1. The van der Waals surface area contributed by atoms with Crippen LogP contribution in [0.4, 0.5) is 4.39 Å². The Kier molecular flexibility index (Phi) is 4.74. The Balaban J connectivity index is 2.71. The maximum Gasteiger partial charge on any atom is 0.335 e. The highest BCUT2D eigenvalue weighted by Crippen LogP contribution is 2.28. The second kappa shape index (κ2) is 5.87. The van der Waals surface area contributed by atoms with Gasteiger partial charge < -0.3 is 5.11 Å². The monoisotopic (exact) mass is 267 g/mol. The molecule has 0 spiro atoms. The Labute approximate surface area is 110 Å². The number of nitriles is 1. The van der Waals surface area contributed by atoms with Gasteiger partial charge in [0.25, 0.3) is 0 Å². The fourth-order valence-corrected chi connectivity index (χ4v) is 2.47. The van der Waals surface area contributed by atoms with Gasteiger partial charge in [0.2, 0.25) is 0 Å². The molecule has 0 fully saturated rings. The van der Waals surface area contributed by atoms with Crippen molar-refractivity contribution in [2.45, 2.75) is 25.2 Å². The predicted molar refractivity (Wildman–Crippen MR) is 68.1 cm³/mol. The topological polar surface area (TPSA) is 61.1 Å². The Morgan fingerprint density at radius 3 is 2.78 bits per heavy atom. The van der Waals surface area contributed by atoms with Gasteiger partial charge in [0.15, 0.2) is 0 Å². The number of thioether (sulfide) groups is 1. The van der Waals surface area contributed by atoms with Crippen molar-refractivity contribution in [3.8, 4) is 6.07 Å². The summed E-state index contributed by atoms with van der Waals surface area (Å²) in [5.74, 6) is -0.936. The summed E-state index contributed by atoms with van der Waals surface area (Å²) in [7, 11) is 0. The fraction of sp³-hybridized carbons (Fsp3) is 0.385. The first-order valence-corrected chi connectivity index (χ1v) is 6.41. The largest absolute Gasteiger partial charge is 0.478 e. The molecule has 96 valence electrons. The fourth-order valence-electron chi connectivity index (χ4n) is 1.22. The highest BCUT2D eigenvalue weighted by molar-refractivity contribution is 7.99. The van der Waals surface area contributed by atoms with Crippen molar-refractivity contribution in [3.63, 3.8) is 0 Å². The zero-order chi connectivity index (χ0) is 13.8. The van der Waals surface area contributed by atoms with Crippen molar-refractivity contribution < 1.29 is 14.3 Å². The number of hydrogen-bond donors (Lipinski definition) is 1. The van der Waals surface area contributed by atoms with Gasteiger partial charge in [-0.15, -0.1) is 11.8 Å². The van der Waals surface area contributed by atoms with Crippen LogP contribution in [0.25, 0.3) is 0 Å². The molecule has 0 heterocycles. The minimum absolute atomic E-state index is 0.0680. The van der Waals surface area contributed by atoms with Gasteiger partial charge in [-0.2, -0.15) is 5.26 Å². The number of hydrogen-bond acceptors (Lipinski definition) is 3. The molecular weight excluding hydrogens is 253 g/mol. The quantitative estimate of drug-likeness (QED) is 0.829. The zero-order valence-electron chi connectivity index (χ0n) is 10.2. The second-order valence-corrected chi connectivity index (χ2v) is 5.68. The summed E-state index contributed by atoms with van der Waals surface area (Å²) in [6.07, 6.45) is 0.616. The van der Waals surface area contributed by atoms with Gasteiger partial charge in [-0.05, 0) is 44.2 Å². The molecule has 0 radical (unpaired) electrons. The van der Waals surface area contributed by atoms with Crippen molar-refractivity contribution >= 4 is 17.7 Å². The molecule has 1 N–H and O–H groups in total. The number of benzene rings is 1. The highest BCUT2D eigenvalue weighted by atomic mass is 32.2. The van der Waals surface area contributed by atoms with Crippen molar-refractivity contribution in [2.75, 3.05) is 5.75 Å². The van der Waals surface area contributed by atoms with E-state index >= 15 is 0 Å². The van der Waals surface area contributed by atoms with Gasteiger partial charge >= 0.3 is 5.97 Å². The second-order valence-electron chi connectivity index (χ2n) is 4.54. The molecule has 0 bridgehead atoms. The van der Waals surface area contributed by atoms with E-state index in [0.717, 1.165) is 6.07 Å². The van der Waals surface area contributed by atoms with E-state index < -0.39 is 17.2 Å². The third-order valence-corrected chi connectivity index (χ3v) is 3.50. The summed E-state index contributed by atoms with van der Waals surface area (Å²) < 4.78 is 13.5. The first-order valence-electron chi connectivity index (χ1n) is 5.42. The van der Waals surface area contributed by atoms with Gasteiger partial charge in [-0.25, -0.2) is 9.18 Å². The first-order chi connectivity index (χ1) is 8.35. The number of carbonyl (C=O) groups is 1. The molecule has 0 unspecified atom stereocenters. The van der Waals surface area contributed by atoms with Crippen molar-refractivity contribution in [1.29, 1.82) is 5.26 Å². The van der Waals surface area contributed by atoms with Crippen LogP contribution in [-0.2, 0) is 0 Å². The van der Waals surface area contributed by atoms with E-state index in [4.69, 9.17) is 10.4 Å². The van der Waals surface area contributed by atoms with Crippen molar-refractivity contribution in [2.24, 2.45) is 5.41 Å². The molecule has 1 aromatic rings. The summed E-state index contributed by atoms with van der Waals surface area (Å²) in [5.41, 5.74) is -0.383. The number of halogens is 1. The van der Waals surface area contributed by atoms with Gasteiger partial charge in [0, 0.05) is 4.90 Å². The molecule has 18 heavy (non-hydrogen) atoms. The van der Waals surface area contributed by atoms with Crippen LogP contribution in [0.2, 0.25) is 0 Å². The van der Waals surface area contributed by atoms with Crippen molar-refractivity contribution in [1.82, 2.24) is 0 Å². The van der Waals surface area contributed by atoms with Crippen LogP contribution in [0.3, 0.4) is 0 Å². The molecule has 0 amide bonds. The highest BCUT2D eigenvalue weighted by Gasteiger charge is 2.17. The standard InChI is InChI=1S/C13H14FNO2S/c1-13(2,8-15)5-6-18-11-7-9(12(16)17)3-4-10(11)14/h3-4,7H,5-6H2,1-2H3,(H,16,17). The van der Waals surface area contributed by atoms with Crippen LogP contribution in [0, 0.1) is 22.6 Å². The number of carboxylic acids is 1. The third-order valence-electron chi connectivity index (χ3n) is 2.47. The van der Waals surface area contributed by atoms with E-state index in [0.29, 0.717) is 17.1 Å². The molecule has 0 atom stereocenters. The minimum Gasteiger partial charge on any atom is -0.478 e. The molecule has 3 nitrogen and oxygen atoms in total. The lowest BCUT2D eigenvalue weighted by molar-refractivity contribution is 0.0696. The van der Waals surface area contributed by atoms with E-state index in [1.807, 2.05) is 13.8 Å². The van der Waals surface area contributed by atoms with Crippen LogP contribution in [0.5, 0.6) is 0 Å². The normalized spacial score (nSPS) is 11.0. The van der Waals surface area contributed by atoms with Gasteiger partial charge in [-0.1, -0.05) is 0 Å². The molecular formula is C13H14FNO2S. The van der Waals surface area contributed by atoms with Gasteiger partial charge in [0.1, 0.15) is 5.82 Å². The molecule has 0 saturated carbocycles.